The zero-order valence-corrected chi connectivity index (χ0v) is 11.0. The summed E-state index contributed by atoms with van der Waals surface area (Å²) in [6.07, 6.45) is 7.57. The van der Waals surface area contributed by atoms with Crippen molar-refractivity contribution in [3.8, 4) is 0 Å². The molecular formula is C15H19ClO. The van der Waals surface area contributed by atoms with E-state index in [1.165, 1.54) is 24.8 Å². The van der Waals surface area contributed by atoms with Crippen LogP contribution in [-0.4, -0.2) is 5.11 Å². The standard InChI is InChI=1S/C15H19ClO/c1-11-10-13(8-9-14(11)16)15(17)12-6-4-2-3-5-7-12/h6,8-10,15,17H,2-5,7H2,1H3. The van der Waals surface area contributed by atoms with Gasteiger partial charge in [0.05, 0.1) is 0 Å². The highest BCUT2D eigenvalue weighted by Gasteiger charge is 2.15. The molecule has 0 fully saturated rings. The summed E-state index contributed by atoms with van der Waals surface area (Å²) in [7, 11) is 0. The number of benzene rings is 1. The second-order valence-electron chi connectivity index (χ2n) is 4.79. The maximum Gasteiger partial charge on any atom is 0.100 e. The molecule has 0 bridgehead atoms. The topological polar surface area (TPSA) is 20.2 Å². The lowest BCUT2D eigenvalue weighted by Gasteiger charge is -2.15. The maximum absolute atomic E-state index is 10.4. The van der Waals surface area contributed by atoms with Crippen molar-refractivity contribution in [1.29, 1.82) is 0 Å². The second-order valence-corrected chi connectivity index (χ2v) is 5.20. The van der Waals surface area contributed by atoms with Crippen molar-refractivity contribution in [2.24, 2.45) is 0 Å². The molecule has 0 amide bonds. The highest BCUT2D eigenvalue weighted by Crippen LogP contribution is 2.30. The van der Waals surface area contributed by atoms with Crippen LogP contribution in [0.15, 0.2) is 29.8 Å². The molecule has 1 atom stereocenters. The number of aryl methyl sites for hydroxylation is 1. The van der Waals surface area contributed by atoms with Gasteiger partial charge in [0.2, 0.25) is 0 Å². The fourth-order valence-corrected chi connectivity index (χ4v) is 2.46. The fraction of sp³-hybridized carbons (Fsp3) is 0.467. The molecule has 92 valence electrons. The zero-order chi connectivity index (χ0) is 12.3. The Labute approximate surface area is 108 Å². The summed E-state index contributed by atoms with van der Waals surface area (Å²) in [6.45, 7) is 1.97. The van der Waals surface area contributed by atoms with Crippen LogP contribution in [0.5, 0.6) is 0 Å². The first-order valence-electron chi connectivity index (χ1n) is 6.31. The van der Waals surface area contributed by atoms with Gasteiger partial charge in [-0.3, -0.25) is 0 Å². The van der Waals surface area contributed by atoms with Crippen LogP contribution in [0.2, 0.25) is 5.02 Å². The minimum atomic E-state index is -0.455. The number of hydrogen-bond donors (Lipinski definition) is 1. The van der Waals surface area contributed by atoms with E-state index >= 15 is 0 Å². The van der Waals surface area contributed by atoms with Gasteiger partial charge in [-0.05, 0) is 55.4 Å². The van der Waals surface area contributed by atoms with Crippen molar-refractivity contribution >= 4 is 11.6 Å². The minimum absolute atomic E-state index is 0.455. The number of aliphatic hydroxyl groups is 1. The van der Waals surface area contributed by atoms with E-state index in [1.54, 1.807) is 0 Å². The van der Waals surface area contributed by atoms with Gasteiger partial charge in [-0.1, -0.05) is 36.2 Å². The molecule has 1 nitrogen and oxygen atoms in total. The molecule has 0 spiro atoms. The van der Waals surface area contributed by atoms with Crippen LogP contribution < -0.4 is 0 Å². The molecule has 1 aromatic carbocycles. The number of hydrogen-bond acceptors (Lipinski definition) is 1. The number of rotatable bonds is 2. The molecule has 1 aromatic rings. The van der Waals surface area contributed by atoms with Gasteiger partial charge in [0.25, 0.3) is 0 Å². The van der Waals surface area contributed by atoms with E-state index in [0.717, 1.165) is 29.0 Å². The molecule has 2 heteroatoms. The van der Waals surface area contributed by atoms with Crippen molar-refractivity contribution in [3.05, 3.63) is 46.0 Å². The van der Waals surface area contributed by atoms with Gasteiger partial charge in [-0.25, -0.2) is 0 Å². The van der Waals surface area contributed by atoms with Crippen LogP contribution in [0.3, 0.4) is 0 Å². The van der Waals surface area contributed by atoms with E-state index in [1.807, 2.05) is 25.1 Å². The Hall–Kier alpha value is -0.790. The summed E-state index contributed by atoms with van der Waals surface area (Å²) in [5, 5.41) is 11.1. The fourth-order valence-electron chi connectivity index (χ4n) is 2.34. The summed E-state index contributed by atoms with van der Waals surface area (Å²) in [4.78, 5) is 0. The Balaban J connectivity index is 2.20. The normalized spacial score (nSPS) is 18.4. The van der Waals surface area contributed by atoms with E-state index in [4.69, 9.17) is 11.6 Å². The lowest BCUT2D eigenvalue weighted by molar-refractivity contribution is 0.210. The van der Waals surface area contributed by atoms with E-state index in [2.05, 4.69) is 6.08 Å². The van der Waals surface area contributed by atoms with Gasteiger partial charge in [0.1, 0.15) is 6.10 Å². The molecule has 0 saturated carbocycles. The van der Waals surface area contributed by atoms with Crippen LogP contribution in [0.1, 0.15) is 49.3 Å². The summed E-state index contributed by atoms with van der Waals surface area (Å²) < 4.78 is 0. The van der Waals surface area contributed by atoms with Gasteiger partial charge in [0, 0.05) is 5.02 Å². The third kappa shape index (κ3) is 3.11. The lowest BCUT2D eigenvalue weighted by atomic mass is 9.97. The van der Waals surface area contributed by atoms with Crippen LogP contribution >= 0.6 is 11.6 Å². The first-order valence-corrected chi connectivity index (χ1v) is 6.69. The largest absolute Gasteiger partial charge is 0.384 e. The molecule has 0 radical (unpaired) electrons. The van der Waals surface area contributed by atoms with Crippen molar-refractivity contribution in [3.63, 3.8) is 0 Å². The molecule has 1 aliphatic carbocycles. The Kier molecular flexibility index (Phi) is 4.25. The summed E-state index contributed by atoms with van der Waals surface area (Å²) >= 11 is 6.00. The molecule has 0 aliphatic heterocycles. The van der Waals surface area contributed by atoms with E-state index in [-0.39, 0.29) is 0 Å². The van der Waals surface area contributed by atoms with Crippen LogP contribution in [0, 0.1) is 6.92 Å². The van der Waals surface area contributed by atoms with Crippen molar-refractivity contribution < 1.29 is 5.11 Å². The summed E-state index contributed by atoms with van der Waals surface area (Å²) in [6, 6.07) is 5.77. The van der Waals surface area contributed by atoms with Gasteiger partial charge in [0.15, 0.2) is 0 Å². The molecule has 0 aromatic heterocycles. The highest BCUT2D eigenvalue weighted by molar-refractivity contribution is 6.31. The quantitative estimate of drug-likeness (QED) is 0.763. The third-order valence-corrected chi connectivity index (χ3v) is 3.85. The molecule has 1 N–H and O–H groups in total. The predicted molar refractivity (Wildman–Crippen MR) is 72.3 cm³/mol. The molecule has 0 saturated heterocycles. The molecule has 1 unspecified atom stereocenters. The SMILES string of the molecule is Cc1cc(C(O)C2=CCCCCC2)ccc1Cl. The average molecular weight is 251 g/mol. The first-order chi connectivity index (χ1) is 8.18. The van der Waals surface area contributed by atoms with Gasteiger partial charge in [-0.15, -0.1) is 0 Å². The van der Waals surface area contributed by atoms with Crippen molar-refractivity contribution in [2.75, 3.05) is 0 Å². The molecular weight excluding hydrogens is 232 g/mol. The Bertz CT molecular complexity index is 423. The van der Waals surface area contributed by atoms with Crippen LogP contribution in [0.25, 0.3) is 0 Å². The van der Waals surface area contributed by atoms with E-state index in [9.17, 15) is 5.11 Å². The van der Waals surface area contributed by atoms with Crippen molar-refractivity contribution in [1.82, 2.24) is 0 Å². The predicted octanol–water partition coefficient (Wildman–Crippen LogP) is 4.57. The molecule has 1 aliphatic rings. The number of allylic oxidation sites excluding steroid dienone is 1. The van der Waals surface area contributed by atoms with Gasteiger partial charge < -0.3 is 5.11 Å². The van der Waals surface area contributed by atoms with Crippen LogP contribution in [-0.2, 0) is 0 Å². The summed E-state index contributed by atoms with van der Waals surface area (Å²) in [5.41, 5.74) is 3.15. The zero-order valence-electron chi connectivity index (χ0n) is 10.2. The third-order valence-electron chi connectivity index (χ3n) is 3.43. The van der Waals surface area contributed by atoms with Gasteiger partial charge >= 0.3 is 0 Å². The van der Waals surface area contributed by atoms with E-state index in [0.29, 0.717) is 0 Å². The smallest absolute Gasteiger partial charge is 0.100 e. The highest BCUT2D eigenvalue weighted by atomic mass is 35.5. The Morgan fingerprint density at radius 1 is 1.24 bits per heavy atom. The van der Waals surface area contributed by atoms with Crippen molar-refractivity contribution in [2.45, 2.75) is 45.1 Å². The minimum Gasteiger partial charge on any atom is -0.384 e. The molecule has 2 rings (SSSR count). The Morgan fingerprint density at radius 2 is 2.06 bits per heavy atom. The van der Waals surface area contributed by atoms with Gasteiger partial charge in [-0.2, -0.15) is 0 Å². The molecule has 0 heterocycles. The monoisotopic (exact) mass is 250 g/mol. The van der Waals surface area contributed by atoms with Crippen LogP contribution in [0.4, 0.5) is 0 Å². The lowest BCUT2D eigenvalue weighted by Crippen LogP contribution is -2.02. The summed E-state index contributed by atoms with van der Waals surface area (Å²) in [5.74, 6) is 0. The number of aliphatic hydroxyl groups excluding tert-OH is 1. The number of halogens is 1. The maximum atomic E-state index is 10.4. The van der Waals surface area contributed by atoms with E-state index < -0.39 is 6.10 Å². The second kappa shape index (κ2) is 5.70. The average Bonchev–Trinajstić information content (AvgIpc) is 2.60. The Morgan fingerprint density at radius 3 is 2.82 bits per heavy atom. The first kappa shape index (κ1) is 12.7. The molecule has 17 heavy (non-hydrogen) atoms.